The van der Waals surface area contributed by atoms with Gasteiger partial charge < -0.3 is 10.2 Å². The van der Waals surface area contributed by atoms with Crippen molar-refractivity contribution in [3.8, 4) is 0 Å². The second-order valence-corrected chi connectivity index (χ2v) is 4.14. The Morgan fingerprint density at radius 2 is 2.17 bits per heavy atom. The SMILES string of the molecule is CCN(C)C(=O)C(C)NC(=O)C1=NNC(=O)CC1. The van der Waals surface area contributed by atoms with E-state index in [4.69, 9.17) is 0 Å². The van der Waals surface area contributed by atoms with Crippen LogP contribution in [0.15, 0.2) is 5.10 Å². The van der Waals surface area contributed by atoms with E-state index in [-0.39, 0.29) is 23.9 Å². The molecule has 0 saturated heterocycles. The second-order valence-electron chi connectivity index (χ2n) is 4.14. The highest BCUT2D eigenvalue weighted by atomic mass is 16.2. The molecule has 1 heterocycles. The van der Waals surface area contributed by atoms with Gasteiger partial charge in [-0.1, -0.05) is 0 Å². The number of rotatable bonds is 4. The van der Waals surface area contributed by atoms with Crippen LogP contribution < -0.4 is 10.7 Å². The van der Waals surface area contributed by atoms with Gasteiger partial charge >= 0.3 is 0 Å². The van der Waals surface area contributed by atoms with E-state index in [1.54, 1.807) is 14.0 Å². The van der Waals surface area contributed by atoms with Crippen molar-refractivity contribution >= 4 is 23.4 Å². The molecule has 0 saturated carbocycles. The van der Waals surface area contributed by atoms with Gasteiger partial charge in [0.2, 0.25) is 11.8 Å². The molecule has 1 atom stereocenters. The molecule has 0 aromatic carbocycles. The molecule has 18 heavy (non-hydrogen) atoms. The molecule has 0 bridgehead atoms. The molecule has 1 aliphatic heterocycles. The Balaban J connectivity index is 2.54. The molecule has 7 nitrogen and oxygen atoms in total. The molecule has 0 radical (unpaired) electrons. The highest BCUT2D eigenvalue weighted by Gasteiger charge is 2.23. The highest BCUT2D eigenvalue weighted by molar-refractivity contribution is 6.39. The third kappa shape index (κ3) is 3.54. The number of hydrogen-bond donors (Lipinski definition) is 2. The van der Waals surface area contributed by atoms with Gasteiger partial charge in [-0.25, -0.2) is 5.43 Å². The lowest BCUT2D eigenvalue weighted by Gasteiger charge is -2.21. The van der Waals surface area contributed by atoms with Gasteiger partial charge in [-0.15, -0.1) is 0 Å². The number of nitrogens with one attached hydrogen (secondary N) is 2. The first-order valence-electron chi connectivity index (χ1n) is 5.87. The number of amides is 3. The summed E-state index contributed by atoms with van der Waals surface area (Å²) in [6.07, 6.45) is 0.533. The summed E-state index contributed by atoms with van der Waals surface area (Å²) >= 11 is 0. The minimum atomic E-state index is -0.609. The number of carbonyl (C=O) groups excluding carboxylic acids is 3. The van der Waals surface area contributed by atoms with E-state index in [1.807, 2.05) is 6.92 Å². The van der Waals surface area contributed by atoms with Crippen molar-refractivity contribution in [2.24, 2.45) is 5.10 Å². The van der Waals surface area contributed by atoms with Crippen molar-refractivity contribution in [2.75, 3.05) is 13.6 Å². The van der Waals surface area contributed by atoms with Gasteiger partial charge in [0, 0.05) is 26.4 Å². The molecule has 0 aromatic rings. The van der Waals surface area contributed by atoms with Crippen LogP contribution in [0.1, 0.15) is 26.7 Å². The zero-order valence-corrected chi connectivity index (χ0v) is 10.8. The summed E-state index contributed by atoms with van der Waals surface area (Å²) in [5.74, 6) is -0.784. The monoisotopic (exact) mass is 254 g/mol. The molecule has 1 unspecified atom stereocenters. The van der Waals surface area contributed by atoms with Gasteiger partial charge in [0.15, 0.2) is 0 Å². The Hall–Kier alpha value is -1.92. The van der Waals surface area contributed by atoms with E-state index >= 15 is 0 Å². The maximum Gasteiger partial charge on any atom is 0.268 e. The Morgan fingerprint density at radius 1 is 1.50 bits per heavy atom. The molecule has 0 spiro atoms. The van der Waals surface area contributed by atoms with Crippen LogP contribution in [0.2, 0.25) is 0 Å². The van der Waals surface area contributed by atoms with Crippen LogP contribution >= 0.6 is 0 Å². The summed E-state index contributed by atoms with van der Waals surface area (Å²) in [4.78, 5) is 35.9. The van der Waals surface area contributed by atoms with E-state index in [2.05, 4.69) is 15.8 Å². The lowest BCUT2D eigenvalue weighted by molar-refractivity contribution is -0.133. The van der Waals surface area contributed by atoms with E-state index in [1.165, 1.54) is 4.90 Å². The third-order valence-electron chi connectivity index (χ3n) is 2.74. The van der Waals surface area contributed by atoms with Crippen LogP contribution in [-0.2, 0) is 14.4 Å². The van der Waals surface area contributed by atoms with Crippen molar-refractivity contribution in [1.29, 1.82) is 0 Å². The molecule has 0 fully saturated rings. The minimum Gasteiger partial charge on any atom is -0.344 e. The first-order chi connectivity index (χ1) is 8.45. The molecular weight excluding hydrogens is 236 g/mol. The summed E-state index contributed by atoms with van der Waals surface area (Å²) in [6, 6.07) is -0.609. The van der Waals surface area contributed by atoms with E-state index in [0.717, 1.165) is 0 Å². The van der Waals surface area contributed by atoms with E-state index < -0.39 is 11.9 Å². The normalized spacial score (nSPS) is 16.4. The first kappa shape index (κ1) is 14.1. The summed E-state index contributed by atoms with van der Waals surface area (Å²) in [5.41, 5.74) is 2.49. The fourth-order valence-corrected chi connectivity index (χ4v) is 1.47. The maximum absolute atomic E-state index is 11.8. The largest absolute Gasteiger partial charge is 0.344 e. The number of carbonyl (C=O) groups is 3. The quantitative estimate of drug-likeness (QED) is 0.690. The van der Waals surface area contributed by atoms with Crippen molar-refractivity contribution < 1.29 is 14.4 Å². The van der Waals surface area contributed by atoms with Crippen LogP contribution in [0, 0.1) is 0 Å². The standard InChI is InChI=1S/C11H18N4O3/c1-4-15(3)11(18)7(2)12-10(17)8-5-6-9(16)14-13-8/h7H,4-6H2,1-3H3,(H,12,17)(H,14,16). The van der Waals surface area contributed by atoms with Crippen LogP contribution in [0.4, 0.5) is 0 Å². The third-order valence-corrected chi connectivity index (χ3v) is 2.74. The zero-order chi connectivity index (χ0) is 13.7. The predicted octanol–water partition coefficient (Wildman–Crippen LogP) is -0.765. The fraction of sp³-hybridized carbons (Fsp3) is 0.636. The molecular formula is C11H18N4O3. The van der Waals surface area contributed by atoms with Crippen molar-refractivity contribution in [2.45, 2.75) is 32.7 Å². The maximum atomic E-state index is 11.8. The van der Waals surface area contributed by atoms with Gasteiger partial charge in [-0.2, -0.15) is 5.10 Å². The Morgan fingerprint density at radius 3 is 2.67 bits per heavy atom. The van der Waals surface area contributed by atoms with Crippen molar-refractivity contribution in [3.63, 3.8) is 0 Å². The number of hydrogen-bond acceptors (Lipinski definition) is 4. The summed E-state index contributed by atoms with van der Waals surface area (Å²) in [5, 5.41) is 6.24. The molecule has 7 heteroatoms. The Kier molecular flexibility index (Phi) is 4.82. The highest BCUT2D eigenvalue weighted by Crippen LogP contribution is 2.00. The van der Waals surface area contributed by atoms with Gasteiger partial charge in [0.1, 0.15) is 11.8 Å². The molecule has 1 rings (SSSR count). The average Bonchev–Trinajstić information content (AvgIpc) is 2.37. The molecule has 0 aromatic heterocycles. The van der Waals surface area contributed by atoms with Gasteiger partial charge in [0.25, 0.3) is 5.91 Å². The number of nitrogens with zero attached hydrogens (tertiary/aromatic N) is 2. The Labute approximate surface area is 106 Å². The van der Waals surface area contributed by atoms with Gasteiger partial charge in [-0.05, 0) is 13.8 Å². The minimum absolute atomic E-state index is 0.161. The summed E-state index contributed by atoms with van der Waals surface area (Å²) in [6.45, 7) is 4.05. The number of hydrazone groups is 1. The van der Waals surface area contributed by atoms with E-state index in [9.17, 15) is 14.4 Å². The predicted molar refractivity (Wildman–Crippen MR) is 65.7 cm³/mol. The van der Waals surface area contributed by atoms with Crippen LogP contribution in [0.3, 0.4) is 0 Å². The zero-order valence-electron chi connectivity index (χ0n) is 10.8. The van der Waals surface area contributed by atoms with Crippen molar-refractivity contribution in [3.05, 3.63) is 0 Å². The Bertz CT molecular complexity index is 392. The van der Waals surface area contributed by atoms with Crippen LogP contribution in [-0.4, -0.2) is 48.0 Å². The number of likely N-dealkylation sites (N-methyl/N-ethyl adjacent to an activating group) is 1. The molecule has 2 N–H and O–H groups in total. The lowest BCUT2D eigenvalue weighted by atomic mass is 10.1. The summed E-state index contributed by atoms with van der Waals surface area (Å²) < 4.78 is 0. The van der Waals surface area contributed by atoms with Gasteiger partial charge in [0.05, 0.1) is 0 Å². The molecule has 3 amide bonds. The first-order valence-corrected chi connectivity index (χ1v) is 5.87. The topological polar surface area (TPSA) is 90.9 Å². The molecule has 0 aliphatic carbocycles. The smallest absolute Gasteiger partial charge is 0.268 e. The van der Waals surface area contributed by atoms with Crippen molar-refractivity contribution in [1.82, 2.24) is 15.6 Å². The summed E-state index contributed by atoms with van der Waals surface area (Å²) in [7, 11) is 1.67. The molecule has 1 aliphatic rings. The molecule has 100 valence electrons. The average molecular weight is 254 g/mol. The fourth-order valence-electron chi connectivity index (χ4n) is 1.47. The van der Waals surface area contributed by atoms with Gasteiger partial charge in [-0.3, -0.25) is 14.4 Å². The second kappa shape index (κ2) is 6.13. The van der Waals surface area contributed by atoms with Crippen LogP contribution in [0.25, 0.3) is 0 Å². The van der Waals surface area contributed by atoms with Crippen LogP contribution in [0.5, 0.6) is 0 Å². The lowest BCUT2D eigenvalue weighted by Crippen LogP contribution is -2.48. The van der Waals surface area contributed by atoms with E-state index in [0.29, 0.717) is 13.0 Å².